The molecule has 0 heterocycles. The number of primary amides is 1. The van der Waals surface area contributed by atoms with E-state index < -0.39 is 0 Å². The quantitative estimate of drug-likeness (QED) is 0.668. The lowest BCUT2D eigenvalue weighted by molar-refractivity contribution is -0.119. The molecule has 0 radical (unpaired) electrons. The lowest BCUT2D eigenvalue weighted by Gasteiger charge is -2.18. The number of hydrogen-bond donors (Lipinski definition) is 2. The maximum atomic E-state index is 11.1. The summed E-state index contributed by atoms with van der Waals surface area (Å²) in [5, 5.41) is 3.18. The van der Waals surface area contributed by atoms with E-state index in [1.54, 1.807) is 11.8 Å². The molecule has 4 heteroatoms. The number of carbonyl (C=O) groups is 1. The molecule has 0 saturated carbocycles. The van der Waals surface area contributed by atoms with Gasteiger partial charge in [0.15, 0.2) is 0 Å². The van der Waals surface area contributed by atoms with Crippen molar-refractivity contribution in [2.24, 2.45) is 11.7 Å². The minimum absolute atomic E-state index is 0.195. The zero-order valence-corrected chi connectivity index (χ0v) is 11.1. The molecule has 2 atom stereocenters. The Kier molecular flexibility index (Phi) is 7.88. The van der Waals surface area contributed by atoms with Crippen LogP contribution in [0.1, 0.15) is 34.1 Å². The fourth-order valence-electron chi connectivity index (χ4n) is 1.12. The molecule has 0 aromatic carbocycles. The molecule has 2 unspecified atom stereocenters. The van der Waals surface area contributed by atoms with Gasteiger partial charge in [-0.25, -0.2) is 0 Å². The van der Waals surface area contributed by atoms with Crippen LogP contribution in [0.3, 0.4) is 0 Å². The first kappa shape index (κ1) is 14.8. The van der Waals surface area contributed by atoms with Gasteiger partial charge in [0.05, 0.1) is 6.04 Å². The molecule has 90 valence electrons. The Morgan fingerprint density at radius 1 is 1.33 bits per heavy atom. The van der Waals surface area contributed by atoms with Gasteiger partial charge in [0.1, 0.15) is 0 Å². The highest BCUT2D eigenvalue weighted by molar-refractivity contribution is 7.99. The summed E-state index contributed by atoms with van der Waals surface area (Å²) in [4.78, 5) is 11.1. The van der Waals surface area contributed by atoms with Crippen LogP contribution in [0.2, 0.25) is 0 Å². The zero-order valence-electron chi connectivity index (χ0n) is 10.2. The Balaban J connectivity index is 3.81. The van der Waals surface area contributed by atoms with Gasteiger partial charge in [-0.2, -0.15) is 11.8 Å². The summed E-state index contributed by atoms with van der Waals surface area (Å²) in [5.41, 5.74) is 5.32. The first-order valence-corrected chi connectivity index (χ1v) is 6.75. The largest absolute Gasteiger partial charge is 0.368 e. The average Bonchev–Trinajstić information content (AvgIpc) is 2.15. The Morgan fingerprint density at radius 2 is 1.93 bits per heavy atom. The van der Waals surface area contributed by atoms with Gasteiger partial charge in [-0.15, -0.1) is 0 Å². The van der Waals surface area contributed by atoms with Crippen molar-refractivity contribution in [3.8, 4) is 0 Å². The third-order valence-electron chi connectivity index (χ3n) is 2.26. The van der Waals surface area contributed by atoms with E-state index in [0.29, 0.717) is 12.0 Å². The van der Waals surface area contributed by atoms with Crippen LogP contribution in [0.15, 0.2) is 0 Å². The lowest BCUT2D eigenvalue weighted by Crippen LogP contribution is -2.46. The molecule has 0 aliphatic carbocycles. The molecule has 0 aliphatic heterocycles. The molecule has 0 spiro atoms. The number of thioether (sulfide) groups is 1. The van der Waals surface area contributed by atoms with E-state index in [1.807, 2.05) is 13.8 Å². The van der Waals surface area contributed by atoms with Crippen LogP contribution < -0.4 is 11.1 Å². The number of hydrogen-bond acceptors (Lipinski definition) is 3. The fourth-order valence-corrected chi connectivity index (χ4v) is 2.39. The molecule has 0 aliphatic rings. The average molecular weight is 232 g/mol. The van der Waals surface area contributed by atoms with Crippen molar-refractivity contribution >= 4 is 17.7 Å². The van der Waals surface area contributed by atoms with Gasteiger partial charge in [0.25, 0.3) is 0 Å². The number of carbonyl (C=O) groups excluding carboxylic acids is 1. The molecule has 0 saturated heterocycles. The van der Waals surface area contributed by atoms with Crippen LogP contribution in [0, 0.1) is 5.92 Å². The minimum atomic E-state index is -0.250. The number of amides is 1. The first-order valence-electron chi connectivity index (χ1n) is 5.60. The van der Waals surface area contributed by atoms with Crippen LogP contribution in [-0.4, -0.2) is 29.5 Å². The molecule has 0 bridgehead atoms. The molecule has 3 N–H and O–H groups in total. The van der Waals surface area contributed by atoms with Gasteiger partial charge in [-0.3, -0.25) is 4.79 Å². The van der Waals surface area contributed by atoms with E-state index in [4.69, 9.17) is 5.73 Å². The molecule has 15 heavy (non-hydrogen) atoms. The zero-order chi connectivity index (χ0) is 11.8. The van der Waals surface area contributed by atoms with Crippen molar-refractivity contribution in [3.05, 3.63) is 0 Å². The van der Waals surface area contributed by atoms with Crippen molar-refractivity contribution in [2.45, 2.75) is 46.2 Å². The summed E-state index contributed by atoms with van der Waals surface area (Å²) in [7, 11) is 0. The second-order valence-corrected chi connectivity index (χ2v) is 5.40. The summed E-state index contributed by atoms with van der Waals surface area (Å²) in [6, 6.07) is 0.103. The normalized spacial score (nSPS) is 15.3. The van der Waals surface area contributed by atoms with Gasteiger partial charge >= 0.3 is 0 Å². The van der Waals surface area contributed by atoms with Crippen molar-refractivity contribution in [1.29, 1.82) is 0 Å². The molecule has 0 rings (SSSR count). The Bertz CT molecular complexity index is 185. The third-order valence-corrected chi connectivity index (χ3v) is 3.64. The standard InChI is InChI=1S/C11H24N2OS/c1-5-9(4)6-15-7-10(11(12)14)13-8(2)3/h8-10,13H,5-7H2,1-4H3,(H2,12,14). The van der Waals surface area contributed by atoms with Crippen LogP contribution >= 0.6 is 11.8 Å². The molecule has 1 amide bonds. The van der Waals surface area contributed by atoms with E-state index in [-0.39, 0.29) is 11.9 Å². The maximum absolute atomic E-state index is 11.1. The lowest BCUT2D eigenvalue weighted by atomic mass is 10.2. The number of nitrogens with one attached hydrogen (secondary N) is 1. The summed E-state index contributed by atoms with van der Waals surface area (Å²) >= 11 is 1.80. The van der Waals surface area contributed by atoms with E-state index in [2.05, 4.69) is 19.2 Å². The Labute approximate surface area is 97.6 Å². The minimum Gasteiger partial charge on any atom is -0.368 e. The van der Waals surface area contributed by atoms with E-state index >= 15 is 0 Å². The van der Waals surface area contributed by atoms with Crippen molar-refractivity contribution < 1.29 is 4.79 Å². The monoisotopic (exact) mass is 232 g/mol. The molecular formula is C11H24N2OS. The summed E-state index contributed by atoms with van der Waals surface area (Å²) in [5.74, 6) is 2.33. The Hall–Kier alpha value is -0.220. The SMILES string of the molecule is CCC(C)CSCC(NC(C)C)C(N)=O. The second kappa shape index (κ2) is 7.99. The third kappa shape index (κ3) is 7.68. The van der Waals surface area contributed by atoms with Gasteiger partial charge in [0, 0.05) is 11.8 Å². The molecule has 0 fully saturated rings. The van der Waals surface area contributed by atoms with Crippen LogP contribution in [-0.2, 0) is 4.79 Å². The second-order valence-electron chi connectivity index (χ2n) is 4.33. The summed E-state index contributed by atoms with van der Waals surface area (Å²) in [6.45, 7) is 8.45. The number of rotatable bonds is 8. The van der Waals surface area contributed by atoms with Crippen molar-refractivity contribution in [3.63, 3.8) is 0 Å². The Morgan fingerprint density at radius 3 is 2.33 bits per heavy atom. The highest BCUT2D eigenvalue weighted by Gasteiger charge is 2.15. The molecule has 0 aromatic heterocycles. The van der Waals surface area contributed by atoms with Crippen LogP contribution in [0.4, 0.5) is 0 Å². The highest BCUT2D eigenvalue weighted by atomic mass is 32.2. The fraction of sp³-hybridized carbons (Fsp3) is 0.909. The van der Waals surface area contributed by atoms with E-state index in [1.165, 1.54) is 6.42 Å². The van der Waals surface area contributed by atoms with Gasteiger partial charge in [-0.1, -0.05) is 34.1 Å². The van der Waals surface area contributed by atoms with Gasteiger partial charge < -0.3 is 11.1 Å². The van der Waals surface area contributed by atoms with E-state index in [0.717, 1.165) is 11.5 Å². The van der Waals surface area contributed by atoms with E-state index in [9.17, 15) is 4.79 Å². The smallest absolute Gasteiger partial charge is 0.235 e. The summed E-state index contributed by atoms with van der Waals surface area (Å²) in [6.07, 6.45) is 1.19. The molecular weight excluding hydrogens is 208 g/mol. The van der Waals surface area contributed by atoms with Crippen LogP contribution in [0.5, 0.6) is 0 Å². The van der Waals surface area contributed by atoms with Gasteiger partial charge in [0.2, 0.25) is 5.91 Å². The maximum Gasteiger partial charge on any atom is 0.235 e. The predicted molar refractivity (Wildman–Crippen MR) is 68.0 cm³/mol. The van der Waals surface area contributed by atoms with Crippen molar-refractivity contribution in [1.82, 2.24) is 5.32 Å². The highest BCUT2D eigenvalue weighted by Crippen LogP contribution is 2.12. The molecule has 3 nitrogen and oxygen atoms in total. The molecule has 0 aromatic rings. The summed E-state index contributed by atoms with van der Waals surface area (Å²) < 4.78 is 0. The first-order chi connectivity index (χ1) is 6.97. The van der Waals surface area contributed by atoms with Crippen LogP contribution in [0.25, 0.3) is 0 Å². The topological polar surface area (TPSA) is 55.1 Å². The number of nitrogens with two attached hydrogens (primary N) is 1. The van der Waals surface area contributed by atoms with Crippen molar-refractivity contribution in [2.75, 3.05) is 11.5 Å². The predicted octanol–water partition coefficient (Wildman–Crippen LogP) is 1.62. The van der Waals surface area contributed by atoms with Gasteiger partial charge in [-0.05, 0) is 11.7 Å².